The Kier molecular flexibility index (Phi) is 4.30. The zero-order valence-electron chi connectivity index (χ0n) is 12.5. The molecule has 0 aromatic heterocycles. The van der Waals surface area contributed by atoms with Gasteiger partial charge in [0.05, 0.1) is 6.10 Å². The third-order valence-corrected chi connectivity index (χ3v) is 5.05. The highest BCUT2D eigenvalue weighted by Crippen LogP contribution is 2.35. The van der Waals surface area contributed by atoms with Crippen LogP contribution in [0.1, 0.15) is 69.1 Å². The number of aryl methyl sites for hydroxylation is 1. The van der Waals surface area contributed by atoms with E-state index < -0.39 is 0 Å². The van der Waals surface area contributed by atoms with Crippen molar-refractivity contribution in [2.75, 3.05) is 0 Å². The molecule has 1 aromatic carbocycles. The van der Waals surface area contributed by atoms with Crippen molar-refractivity contribution in [3.63, 3.8) is 0 Å². The Labute approximate surface area is 122 Å². The molecule has 3 atom stereocenters. The summed E-state index contributed by atoms with van der Waals surface area (Å²) in [6, 6.07) is 6.33. The maximum absolute atomic E-state index is 10.1. The normalized spacial score (nSPS) is 29.8. The third-order valence-electron chi connectivity index (χ3n) is 5.05. The van der Waals surface area contributed by atoms with Gasteiger partial charge in [-0.2, -0.15) is 0 Å². The van der Waals surface area contributed by atoms with Crippen LogP contribution in [0.5, 0.6) is 5.75 Å². The van der Waals surface area contributed by atoms with E-state index in [2.05, 4.69) is 25.1 Å². The van der Waals surface area contributed by atoms with Crippen LogP contribution in [-0.4, -0.2) is 11.2 Å². The molecule has 1 aromatic rings. The lowest BCUT2D eigenvalue weighted by atomic mass is 9.84. The molecular formula is C18H26O2. The second-order valence-corrected chi connectivity index (χ2v) is 6.38. The molecule has 0 heterocycles. The zero-order valence-corrected chi connectivity index (χ0v) is 12.5. The number of aliphatic hydroxyl groups excluding tert-OH is 1. The molecule has 0 spiro atoms. The highest BCUT2D eigenvalue weighted by atomic mass is 16.5. The molecular weight excluding hydrogens is 248 g/mol. The van der Waals surface area contributed by atoms with E-state index in [9.17, 15) is 5.11 Å². The molecule has 2 aliphatic carbocycles. The van der Waals surface area contributed by atoms with Crippen LogP contribution in [0.2, 0.25) is 0 Å². The lowest BCUT2D eigenvalue weighted by Gasteiger charge is -2.32. The van der Waals surface area contributed by atoms with E-state index in [1.54, 1.807) is 0 Å². The molecule has 1 N–H and O–H groups in total. The van der Waals surface area contributed by atoms with Crippen LogP contribution in [-0.2, 0) is 6.42 Å². The van der Waals surface area contributed by atoms with Crippen molar-refractivity contribution >= 4 is 0 Å². The molecule has 0 radical (unpaired) electrons. The van der Waals surface area contributed by atoms with Gasteiger partial charge < -0.3 is 9.84 Å². The number of benzene rings is 1. The molecule has 2 heteroatoms. The zero-order chi connectivity index (χ0) is 13.9. The quantitative estimate of drug-likeness (QED) is 0.885. The Morgan fingerprint density at radius 2 is 2.00 bits per heavy atom. The minimum absolute atomic E-state index is 0.296. The molecule has 2 nitrogen and oxygen atoms in total. The topological polar surface area (TPSA) is 29.5 Å². The summed E-state index contributed by atoms with van der Waals surface area (Å²) in [5, 5.41) is 10.1. The average Bonchev–Trinajstić information content (AvgIpc) is 2.49. The van der Waals surface area contributed by atoms with Crippen LogP contribution < -0.4 is 4.74 Å². The summed E-state index contributed by atoms with van der Waals surface area (Å²) < 4.78 is 6.26. The first-order valence-electron chi connectivity index (χ1n) is 8.25. The Bertz CT molecular complexity index is 455. The van der Waals surface area contributed by atoms with Crippen molar-refractivity contribution in [3.8, 4) is 5.75 Å². The molecule has 0 amide bonds. The van der Waals surface area contributed by atoms with Gasteiger partial charge in [-0.3, -0.25) is 0 Å². The minimum Gasteiger partial charge on any atom is -0.490 e. The Hall–Kier alpha value is -1.02. The lowest BCUT2D eigenvalue weighted by molar-refractivity contribution is 0.0895. The highest BCUT2D eigenvalue weighted by molar-refractivity contribution is 5.38. The number of hydrogen-bond acceptors (Lipinski definition) is 2. The predicted molar refractivity (Wildman–Crippen MR) is 81.0 cm³/mol. The van der Waals surface area contributed by atoms with Gasteiger partial charge in [-0.25, -0.2) is 0 Å². The number of rotatable bonds is 3. The summed E-state index contributed by atoms with van der Waals surface area (Å²) in [4.78, 5) is 0. The maximum atomic E-state index is 10.1. The fraction of sp³-hybridized carbons (Fsp3) is 0.667. The van der Waals surface area contributed by atoms with Gasteiger partial charge in [-0.1, -0.05) is 19.4 Å². The monoisotopic (exact) mass is 274 g/mol. The standard InChI is InChI=1S/C18H26O2/c1-2-13-6-3-4-9-18(13)20-15-11-10-14-7-5-8-17(19)16(14)12-15/h10-13,17-19H,2-9H2,1H3/t13?,17-,18?/m1/s1. The van der Waals surface area contributed by atoms with E-state index in [0.717, 1.165) is 30.6 Å². The van der Waals surface area contributed by atoms with Gasteiger partial charge >= 0.3 is 0 Å². The van der Waals surface area contributed by atoms with Gasteiger partial charge in [0.25, 0.3) is 0 Å². The van der Waals surface area contributed by atoms with Crippen molar-refractivity contribution in [2.24, 2.45) is 5.92 Å². The number of hydrogen-bond donors (Lipinski definition) is 1. The van der Waals surface area contributed by atoms with Crippen LogP contribution in [0.25, 0.3) is 0 Å². The Balaban J connectivity index is 1.75. The molecule has 1 fully saturated rings. The predicted octanol–water partition coefficient (Wildman–Crippen LogP) is 4.40. The summed E-state index contributed by atoms with van der Waals surface area (Å²) in [5.74, 6) is 1.65. The molecule has 0 bridgehead atoms. The molecule has 0 aliphatic heterocycles. The van der Waals surface area contributed by atoms with Crippen molar-refractivity contribution in [2.45, 2.75) is 70.5 Å². The van der Waals surface area contributed by atoms with Crippen LogP contribution >= 0.6 is 0 Å². The van der Waals surface area contributed by atoms with E-state index in [4.69, 9.17) is 4.74 Å². The SMILES string of the molecule is CCC1CCCCC1Oc1ccc2c(c1)[C@H](O)CCC2. The fourth-order valence-corrected chi connectivity index (χ4v) is 3.80. The van der Waals surface area contributed by atoms with Crippen LogP contribution in [0.4, 0.5) is 0 Å². The number of aliphatic hydroxyl groups is 1. The van der Waals surface area contributed by atoms with Gasteiger partial charge in [-0.05, 0) is 74.1 Å². The first kappa shape index (κ1) is 13.9. The maximum Gasteiger partial charge on any atom is 0.120 e. The summed E-state index contributed by atoms with van der Waals surface area (Å²) in [5.41, 5.74) is 2.39. The lowest BCUT2D eigenvalue weighted by Crippen LogP contribution is -2.30. The van der Waals surface area contributed by atoms with Crippen LogP contribution in [0.3, 0.4) is 0 Å². The van der Waals surface area contributed by atoms with E-state index >= 15 is 0 Å². The van der Waals surface area contributed by atoms with E-state index in [0.29, 0.717) is 12.0 Å². The fourth-order valence-electron chi connectivity index (χ4n) is 3.80. The molecule has 110 valence electrons. The van der Waals surface area contributed by atoms with Crippen molar-refractivity contribution < 1.29 is 9.84 Å². The smallest absolute Gasteiger partial charge is 0.120 e. The summed E-state index contributed by atoms with van der Waals surface area (Å²) in [6.07, 6.45) is 9.46. The summed E-state index contributed by atoms with van der Waals surface area (Å²) in [6.45, 7) is 2.27. The van der Waals surface area contributed by atoms with Crippen molar-refractivity contribution in [3.05, 3.63) is 29.3 Å². The van der Waals surface area contributed by atoms with Gasteiger partial charge in [-0.15, -0.1) is 0 Å². The Morgan fingerprint density at radius 1 is 1.15 bits per heavy atom. The number of fused-ring (bicyclic) bond motifs is 1. The molecule has 2 unspecified atom stereocenters. The van der Waals surface area contributed by atoms with E-state index in [1.165, 1.54) is 37.7 Å². The molecule has 1 saturated carbocycles. The van der Waals surface area contributed by atoms with Gasteiger partial charge in [0.2, 0.25) is 0 Å². The van der Waals surface area contributed by atoms with Crippen LogP contribution in [0.15, 0.2) is 18.2 Å². The summed E-state index contributed by atoms with van der Waals surface area (Å²) in [7, 11) is 0. The molecule has 2 aliphatic rings. The van der Waals surface area contributed by atoms with Gasteiger partial charge in [0, 0.05) is 0 Å². The first-order chi connectivity index (χ1) is 9.78. The van der Waals surface area contributed by atoms with Gasteiger partial charge in [0.15, 0.2) is 0 Å². The largest absolute Gasteiger partial charge is 0.490 e. The summed E-state index contributed by atoms with van der Waals surface area (Å²) >= 11 is 0. The highest BCUT2D eigenvalue weighted by Gasteiger charge is 2.26. The Morgan fingerprint density at radius 3 is 2.85 bits per heavy atom. The molecule has 3 rings (SSSR count). The number of ether oxygens (including phenoxy) is 1. The van der Waals surface area contributed by atoms with Crippen molar-refractivity contribution in [1.29, 1.82) is 0 Å². The van der Waals surface area contributed by atoms with E-state index in [-0.39, 0.29) is 6.10 Å². The molecule has 20 heavy (non-hydrogen) atoms. The minimum atomic E-state index is -0.296. The molecule has 0 saturated heterocycles. The van der Waals surface area contributed by atoms with Gasteiger partial charge in [0.1, 0.15) is 11.9 Å². The third kappa shape index (κ3) is 2.85. The van der Waals surface area contributed by atoms with Crippen molar-refractivity contribution in [1.82, 2.24) is 0 Å². The second kappa shape index (κ2) is 6.17. The average molecular weight is 274 g/mol. The first-order valence-corrected chi connectivity index (χ1v) is 8.25. The van der Waals surface area contributed by atoms with E-state index in [1.807, 2.05) is 0 Å². The second-order valence-electron chi connectivity index (χ2n) is 6.38. The van der Waals surface area contributed by atoms with Crippen LogP contribution in [0, 0.1) is 5.92 Å².